The number of aromatic nitrogens is 1. The minimum Gasteiger partial charge on any atom is -0.411 e. The third-order valence-electron chi connectivity index (χ3n) is 3.26. The van der Waals surface area contributed by atoms with E-state index in [1.54, 1.807) is 6.07 Å². The molecule has 1 N–H and O–H groups in total. The zero-order valence-electron chi connectivity index (χ0n) is 10.7. The Bertz CT molecular complexity index is 396. The lowest BCUT2D eigenvalue weighted by Crippen LogP contribution is -2.40. The Labute approximate surface area is 98.6 Å². The Hall–Kier alpha value is -1.05. The minimum atomic E-state index is -1.69. The second kappa shape index (κ2) is 4.44. The third kappa shape index (κ3) is 2.97. The summed E-state index contributed by atoms with van der Waals surface area (Å²) in [5, 5.41) is 8.91. The number of nitrogens with one attached hydrogen (secondary N) is 1. The van der Waals surface area contributed by atoms with Gasteiger partial charge in [-0.25, -0.2) is 0 Å². The van der Waals surface area contributed by atoms with Crippen molar-refractivity contribution in [3.8, 4) is 6.07 Å². The van der Waals surface area contributed by atoms with Crippen LogP contribution in [0.25, 0.3) is 0 Å². The molecule has 0 spiro atoms. The summed E-state index contributed by atoms with van der Waals surface area (Å²) in [7, 11) is -1.69. The first-order chi connectivity index (χ1) is 7.26. The van der Waals surface area contributed by atoms with E-state index in [2.05, 4.69) is 44.9 Å². The van der Waals surface area contributed by atoms with E-state index in [0.717, 1.165) is 5.69 Å². The van der Waals surface area contributed by atoms with E-state index in [0.29, 0.717) is 12.3 Å². The van der Waals surface area contributed by atoms with Crippen molar-refractivity contribution < 1.29 is 4.43 Å². The van der Waals surface area contributed by atoms with Crippen LogP contribution in [0, 0.1) is 11.3 Å². The molecular weight excluding hydrogens is 216 g/mol. The molecule has 1 rings (SSSR count). The predicted octanol–water partition coefficient (Wildman–Crippen LogP) is 3.41. The van der Waals surface area contributed by atoms with E-state index in [-0.39, 0.29) is 5.04 Å². The fraction of sp³-hybridized carbons (Fsp3) is 0.583. The molecule has 3 nitrogen and oxygen atoms in total. The van der Waals surface area contributed by atoms with E-state index >= 15 is 0 Å². The van der Waals surface area contributed by atoms with Crippen LogP contribution in [-0.4, -0.2) is 13.3 Å². The maximum absolute atomic E-state index is 8.69. The Morgan fingerprint density at radius 1 is 1.38 bits per heavy atom. The van der Waals surface area contributed by atoms with Crippen molar-refractivity contribution in [3.63, 3.8) is 0 Å². The summed E-state index contributed by atoms with van der Waals surface area (Å²) >= 11 is 0. The largest absolute Gasteiger partial charge is 0.411 e. The van der Waals surface area contributed by atoms with Gasteiger partial charge in [0.25, 0.3) is 0 Å². The van der Waals surface area contributed by atoms with Crippen LogP contribution in [-0.2, 0) is 11.0 Å². The fourth-order valence-electron chi connectivity index (χ4n) is 1.06. The number of H-pyrrole nitrogens is 1. The highest BCUT2D eigenvalue weighted by Crippen LogP contribution is 2.36. The molecule has 0 aliphatic carbocycles. The van der Waals surface area contributed by atoms with Gasteiger partial charge in [0.05, 0.1) is 6.61 Å². The van der Waals surface area contributed by atoms with Crippen LogP contribution in [0.3, 0.4) is 0 Å². The molecule has 0 fully saturated rings. The predicted molar refractivity (Wildman–Crippen MR) is 67.5 cm³/mol. The van der Waals surface area contributed by atoms with E-state index in [9.17, 15) is 0 Å². The second-order valence-corrected chi connectivity index (χ2v) is 10.4. The van der Waals surface area contributed by atoms with Crippen LogP contribution in [0.2, 0.25) is 18.1 Å². The summed E-state index contributed by atoms with van der Waals surface area (Å²) in [6, 6.07) is 5.77. The molecule has 1 aromatic heterocycles. The first kappa shape index (κ1) is 13.0. The van der Waals surface area contributed by atoms with Crippen molar-refractivity contribution in [1.82, 2.24) is 4.98 Å². The van der Waals surface area contributed by atoms with Crippen molar-refractivity contribution in [2.45, 2.75) is 45.5 Å². The molecule has 88 valence electrons. The Morgan fingerprint density at radius 2 is 2.00 bits per heavy atom. The minimum absolute atomic E-state index is 0.220. The first-order valence-corrected chi connectivity index (χ1v) is 8.39. The van der Waals surface area contributed by atoms with Gasteiger partial charge in [-0.1, -0.05) is 20.8 Å². The van der Waals surface area contributed by atoms with Crippen molar-refractivity contribution in [1.29, 1.82) is 5.26 Å². The quantitative estimate of drug-likeness (QED) is 0.818. The fourth-order valence-corrected chi connectivity index (χ4v) is 2.01. The van der Waals surface area contributed by atoms with Gasteiger partial charge >= 0.3 is 0 Å². The van der Waals surface area contributed by atoms with Gasteiger partial charge in [0.15, 0.2) is 8.32 Å². The molecule has 4 heteroatoms. The Balaban J connectivity index is 2.62. The van der Waals surface area contributed by atoms with Gasteiger partial charge in [-0.3, -0.25) is 0 Å². The number of rotatable bonds is 3. The van der Waals surface area contributed by atoms with Crippen molar-refractivity contribution in [2.24, 2.45) is 0 Å². The zero-order valence-corrected chi connectivity index (χ0v) is 11.7. The van der Waals surface area contributed by atoms with Gasteiger partial charge in [-0.2, -0.15) is 5.26 Å². The highest BCUT2D eigenvalue weighted by molar-refractivity contribution is 6.74. The van der Waals surface area contributed by atoms with Crippen LogP contribution in [0.15, 0.2) is 12.1 Å². The second-order valence-electron chi connectivity index (χ2n) is 5.56. The standard InChI is InChI=1S/C12H20N2OSi/c1-12(2,3)16(4,5)15-9-11-7-6-10(8-13)14-11/h6-7,14H,9H2,1-5H3. The first-order valence-electron chi connectivity index (χ1n) is 5.48. The molecule has 0 saturated heterocycles. The van der Waals surface area contributed by atoms with Crippen LogP contribution in [0.5, 0.6) is 0 Å². The summed E-state index contributed by atoms with van der Waals surface area (Å²) in [6.07, 6.45) is 0. The molecule has 0 aromatic carbocycles. The highest BCUT2D eigenvalue weighted by Gasteiger charge is 2.37. The van der Waals surface area contributed by atoms with Gasteiger partial charge < -0.3 is 9.41 Å². The van der Waals surface area contributed by atoms with Gasteiger partial charge in [0, 0.05) is 5.69 Å². The van der Waals surface area contributed by atoms with Gasteiger partial charge in [0.2, 0.25) is 0 Å². The smallest absolute Gasteiger partial charge is 0.192 e. The molecule has 0 radical (unpaired) electrons. The van der Waals surface area contributed by atoms with E-state index in [4.69, 9.17) is 9.69 Å². The number of nitrogens with zero attached hydrogens (tertiary/aromatic N) is 1. The van der Waals surface area contributed by atoms with Crippen molar-refractivity contribution >= 4 is 8.32 Å². The van der Waals surface area contributed by atoms with E-state index in [1.165, 1.54) is 0 Å². The Kier molecular flexibility index (Phi) is 3.61. The van der Waals surface area contributed by atoms with Crippen molar-refractivity contribution in [2.75, 3.05) is 0 Å². The lowest BCUT2D eigenvalue weighted by Gasteiger charge is -2.36. The molecule has 0 atom stereocenters. The SMILES string of the molecule is CC(C)(C)[Si](C)(C)OCc1ccc(C#N)[nH]1. The maximum atomic E-state index is 8.69. The Morgan fingerprint density at radius 3 is 2.44 bits per heavy atom. The average Bonchev–Trinajstić information content (AvgIpc) is 2.60. The monoisotopic (exact) mass is 236 g/mol. The molecule has 0 aliphatic rings. The molecule has 0 bridgehead atoms. The van der Waals surface area contributed by atoms with Gasteiger partial charge in [-0.15, -0.1) is 0 Å². The van der Waals surface area contributed by atoms with Crippen LogP contribution < -0.4 is 0 Å². The summed E-state index contributed by atoms with van der Waals surface area (Å²) in [5.41, 5.74) is 1.57. The molecule has 0 unspecified atom stereocenters. The van der Waals surface area contributed by atoms with E-state index in [1.807, 2.05) is 6.07 Å². The summed E-state index contributed by atoms with van der Waals surface area (Å²) in [6.45, 7) is 11.7. The molecule has 1 aromatic rings. The molecule has 1 heterocycles. The summed E-state index contributed by atoms with van der Waals surface area (Å²) in [5.74, 6) is 0. The number of hydrogen-bond donors (Lipinski definition) is 1. The summed E-state index contributed by atoms with van der Waals surface area (Å²) in [4.78, 5) is 3.02. The molecule has 0 aliphatic heterocycles. The number of aromatic amines is 1. The lowest BCUT2D eigenvalue weighted by atomic mass is 10.2. The molecule has 0 amide bonds. The molecular formula is C12H20N2OSi. The topological polar surface area (TPSA) is 48.8 Å². The normalized spacial score (nSPS) is 12.5. The molecule has 0 saturated carbocycles. The average molecular weight is 236 g/mol. The number of hydrogen-bond acceptors (Lipinski definition) is 2. The molecule has 16 heavy (non-hydrogen) atoms. The van der Waals surface area contributed by atoms with Crippen LogP contribution in [0.4, 0.5) is 0 Å². The van der Waals surface area contributed by atoms with Crippen molar-refractivity contribution in [3.05, 3.63) is 23.5 Å². The third-order valence-corrected chi connectivity index (χ3v) is 7.74. The highest BCUT2D eigenvalue weighted by atomic mass is 28.4. The van der Waals surface area contributed by atoms with Gasteiger partial charge in [0.1, 0.15) is 11.8 Å². The van der Waals surface area contributed by atoms with Gasteiger partial charge in [-0.05, 0) is 30.3 Å². The van der Waals surface area contributed by atoms with Crippen LogP contribution in [0.1, 0.15) is 32.2 Å². The lowest BCUT2D eigenvalue weighted by molar-refractivity contribution is 0.272. The number of nitriles is 1. The van der Waals surface area contributed by atoms with Crippen LogP contribution >= 0.6 is 0 Å². The zero-order chi connectivity index (χ0) is 12.4. The summed E-state index contributed by atoms with van der Waals surface area (Å²) < 4.78 is 6.04. The van der Waals surface area contributed by atoms with E-state index < -0.39 is 8.32 Å². The maximum Gasteiger partial charge on any atom is 0.192 e.